The lowest BCUT2D eigenvalue weighted by Crippen LogP contribution is -2.38. The summed E-state index contributed by atoms with van der Waals surface area (Å²) >= 11 is 0. The summed E-state index contributed by atoms with van der Waals surface area (Å²) in [4.78, 5) is 11.4. The van der Waals surface area contributed by atoms with E-state index in [0.29, 0.717) is 12.6 Å². The summed E-state index contributed by atoms with van der Waals surface area (Å²) in [5.74, 6) is -0.780. The molecule has 1 amide bonds. The van der Waals surface area contributed by atoms with Gasteiger partial charge in [-0.1, -0.05) is 12.8 Å². The predicted molar refractivity (Wildman–Crippen MR) is 72.2 cm³/mol. The van der Waals surface area contributed by atoms with Gasteiger partial charge in [0.1, 0.15) is 5.75 Å². The largest absolute Gasteiger partial charge is 0.353 e. The quantitative estimate of drug-likeness (QED) is 0.708. The molecule has 1 rings (SSSR count). The third-order valence-electron chi connectivity index (χ3n) is 3.00. The van der Waals surface area contributed by atoms with Crippen LogP contribution in [-0.2, 0) is 14.6 Å². The molecule has 18 heavy (non-hydrogen) atoms. The molecule has 0 aromatic carbocycles. The maximum Gasteiger partial charge on any atom is 0.235 e. The zero-order valence-electron chi connectivity index (χ0n) is 11.2. The fourth-order valence-corrected chi connectivity index (χ4v) is 3.24. The van der Waals surface area contributed by atoms with E-state index in [1.54, 1.807) is 0 Å². The van der Waals surface area contributed by atoms with Gasteiger partial charge in [-0.15, -0.1) is 0 Å². The monoisotopic (exact) mass is 276 g/mol. The van der Waals surface area contributed by atoms with Crippen molar-refractivity contribution in [2.24, 2.45) is 0 Å². The Balaban J connectivity index is 2.24. The molecule has 0 saturated heterocycles. The molecule has 0 bridgehead atoms. The third-order valence-corrected chi connectivity index (χ3v) is 4.53. The van der Waals surface area contributed by atoms with Crippen LogP contribution in [0.3, 0.4) is 0 Å². The SMILES string of the molecule is CC(C)NC(=O)CS(=O)(=O)CCNC1CCCC1. The fraction of sp³-hybridized carbons (Fsp3) is 0.917. The second-order valence-corrected chi connectivity index (χ2v) is 7.43. The Morgan fingerprint density at radius 2 is 1.89 bits per heavy atom. The van der Waals surface area contributed by atoms with Gasteiger partial charge in [0.05, 0.1) is 5.75 Å². The normalized spacial score (nSPS) is 17.3. The van der Waals surface area contributed by atoms with Gasteiger partial charge in [0, 0.05) is 18.6 Å². The predicted octanol–water partition coefficient (Wildman–Crippen LogP) is 0.458. The molecule has 5 nitrogen and oxygen atoms in total. The van der Waals surface area contributed by atoms with Crippen LogP contribution in [0.2, 0.25) is 0 Å². The lowest BCUT2D eigenvalue weighted by Gasteiger charge is -2.12. The smallest absolute Gasteiger partial charge is 0.235 e. The highest BCUT2D eigenvalue weighted by atomic mass is 32.2. The Morgan fingerprint density at radius 3 is 2.44 bits per heavy atom. The van der Waals surface area contributed by atoms with Crippen LogP contribution in [-0.4, -0.2) is 44.5 Å². The number of nitrogens with one attached hydrogen (secondary N) is 2. The lowest BCUT2D eigenvalue weighted by molar-refractivity contribution is -0.119. The van der Waals surface area contributed by atoms with E-state index in [2.05, 4.69) is 10.6 Å². The second-order valence-electron chi connectivity index (χ2n) is 5.25. The molecule has 0 spiro atoms. The molecule has 0 aromatic rings. The van der Waals surface area contributed by atoms with Crippen molar-refractivity contribution >= 4 is 15.7 Å². The van der Waals surface area contributed by atoms with Crippen molar-refractivity contribution in [2.75, 3.05) is 18.1 Å². The first-order valence-corrected chi connectivity index (χ1v) is 8.44. The van der Waals surface area contributed by atoms with Crippen LogP contribution in [0.4, 0.5) is 0 Å². The van der Waals surface area contributed by atoms with Gasteiger partial charge in [0.25, 0.3) is 0 Å². The number of hydrogen-bond acceptors (Lipinski definition) is 4. The van der Waals surface area contributed by atoms with E-state index in [1.165, 1.54) is 12.8 Å². The fourth-order valence-electron chi connectivity index (χ4n) is 2.18. The van der Waals surface area contributed by atoms with E-state index in [-0.39, 0.29) is 11.8 Å². The zero-order chi connectivity index (χ0) is 13.6. The van der Waals surface area contributed by atoms with Gasteiger partial charge < -0.3 is 10.6 Å². The van der Waals surface area contributed by atoms with Crippen molar-refractivity contribution in [1.29, 1.82) is 0 Å². The number of carbonyl (C=O) groups excluding carboxylic acids is 1. The van der Waals surface area contributed by atoms with Crippen molar-refractivity contribution in [3.8, 4) is 0 Å². The van der Waals surface area contributed by atoms with Gasteiger partial charge in [-0.05, 0) is 26.7 Å². The average molecular weight is 276 g/mol. The first-order chi connectivity index (χ1) is 8.39. The van der Waals surface area contributed by atoms with E-state index in [4.69, 9.17) is 0 Å². The first-order valence-electron chi connectivity index (χ1n) is 6.62. The van der Waals surface area contributed by atoms with E-state index in [0.717, 1.165) is 12.8 Å². The number of rotatable bonds is 7. The topological polar surface area (TPSA) is 75.3 Å². The molecule has 1 aliphatic carbocycles. The first kappa shape index (κ1) is 15.4. The molecule has 0 aromatic heterocycles. The van der Waals surface area contributed by atoms with Crippen LogP contribution in [0.5, 0.6) is 0 Å². The molecule has 2 N–H and O–H groups in total. The van der Waals surface area contributed by atoms with Gasteiger partial charge in [-0.25, -0.2) is 8.42 Å². The second kappa shape index (κ2) is 7.09. The van der Waals surface area contributed by atoms with Crippen LogP contribution < -0.4 is 10.6 Å². The minimum Gasteiger partial charge on any atom is -0.353 e. The molecule has 0 radical (unpaired) electrons. The summed E-state index contributed by atoms with van der Waals surface area (Å²) in [7, 11) is -3.29. The lowest BCUT2D eigenvalue weighted by atomic mass is 10.2. The Morgan fingerprint density at radius 1 is 1.28 bits per heavy atom. The number of hydrogen-bond donors (Lipinski definition) is 2. The van der Waals surface area contributed by atoms with Crippen molar-refractivity contribution in [3.63, 3.8) is 0 Å². The number of carbonyl (C=O) groups is 1. The highest BCUT2D eigenvalue weighted by molar-refractivity contribution is 7.92. The van der Waals surface area contributed by atoms with Gasteiger partial charge in [-0.3, -0.25) is 4.79 Å². The summed E-state index contributed by atoms with van der Waals surface area (Å²) in [6.45, 7) is 4.07. The minimum absolute atomic E-state index is 0.0238. The van der Waals surface area contributed by atoms with Crippen molar-refractivity contribution < 1.29 is 13.2 Å². The summed E-state index contributed by atoms with van der Waals surface area (Å²) < 4.78 is 23.4. The highest BCUT2D eigenvalue weighted by Gasteiger charge is 2.19. The summed E-state index contributed by atoms with van der Waals surface area (Å²) in [6.07, 6.45) is 4.71. The van der Waals surface area contributed by atoms with E-state index >= 15 is 0 Å². The molecule has 6 heteroatoms. The van der Waals surface area contributed by atoms with Crippen LogP contribution in [0.1, 0.15) is 39.5 Å². The molecule has 106 valence electrons. The number of amides is 1. The van der Waals surface area contributed by atoms with Gasteiger partial charge >= 0.3 is 0 Å². The van der Waals surface area contributed by atoms with Crippen LogP contribution in [0.15, 0.2) is 0 Å². The molecule has 0 aliphatic heterocycles. The molecular weight excluding hydrogens is 252 g/mol. The van der Waals surface area contributed by atoms with Crippen LogP contribution >= 0.6 is 0 Å². The maximum absolute atomic E-state index is 11.7. The number of sulfone groups is 1. The van der Waals surface area contributed by atoms with Crippen molar-refractivity contribution in [3.05, 3.63) is 0 Å². The van der Waals surface area contributed by atoms with Crippen LogP contribution in [0, 0.1) is 0 Å². The minimum atomic E-state index is -3.29. The molecule has 0 unspecified atom stereocenters. The van der Waals surface area contributed by atoms with Gasteiger partial charge in [-0.2, -0.15) is 0 Å². The summed E-state index contributed by atoms with van der Waals surface area (Å²) in [5, 5.41) is 5.83. The Kier molecular flexibility index (Phi) is 6.08. The van der Waals surface area contributed by atoms with E-state index in [1.807, 2.05) is 13.8 Å². The Hall–Kier alpha value is -0.620. The highest BCUT2D eigenvalue weighted by Crippen LogP contribution is 2.17. The maximum atomic E-state index is 11.7. The summed E-state index contributed by atoms with van der Waals surface area (Å²) in [6, 6.07) is 0.439. The molecule has 1 fully saturated rings. The average Bonchev–Trinajstić information content (AvgIpc) is 2.67. The van der Waals surface area contributed by atoms with E-state index < -0.39 is 21.5 Å². The molecule has 1 saturated carbocycles. The standard InChI is InChI=1S/C12H24N2O3S/c1-10(2)14-12(15)9-18(16,17)8-7-13-11-5-3-4-6-11/h10-11,13H,3-9H2,1-2H3,(H,14,15). The Labute approximate surface area is 110 Å². The molecule has 0 heterocycles. The zero-order valence-corrected chi connectivity index (χ0v) is 12.1. The molecular formula is C12H24N2O3S. The van der Waals surface area contributed by atoms with Crippen molar-refractivity contribution in [1.82, 2.24) is 10.6 Å². The van der Waals surface area contributed by atoms with Gasteiger partial charge in [0.2, 0.25) is 5.91 Å². The third kappa shape index (κ3) is 6.35. The summed E-state index contributed by atoms with van der Waals surface area (Å²) in [5.41, 5.74) is 0. The van der Waals surface area contributed by atoms with Crippen LogP contribution in [0.25, 0.3) is 0 Å². The Bertz CT molecular complexity index is 360. The van der Waals surface area contributed by atoms with E-state index in [9.17, 15) is 13.2 Å². The molecule has 1 aliphatic rings. The molecule has 0 atom stereocenters. The van der Waals surface area contributed by atoms with Gasteiger partial charge in [0.15, 0.2) is 9.84 Å². The van der Waals surface area contributed by atoms with Crippen molar-refractivity contribution in [2.45, 2.75) is 51.6 Å².